The van der Waals surface area contributed by atoms with Gasteiger partial charge in [-0.05, 0) is 39.3 Å². The Hall–Kier alpha value is -0.830. The molecular weight excluding hydrogens is 164 g/mol. The molecule has 0 rings (SSSR count). The number of nitrogens with two attached hydrogens (primary N) is 1. The molecular formula is C10H20N2O. The number of hydrogen-bond acceptors (Lipinski definition) is 2. The molecule has 0 bridgehead atoms. The van der Waals surface area contributed by atoms with E-state index >= 15 is 0 Å². The molecule has 0 atom stereocenters. The quantitative estimate of drug-likeness (QED) is 0.461. The Kier molecular flexibility index (Phi) is 7.30. The highest BCUT2D eigenvalue weighted by molar-refractivity contribution is 5.91. The Bertz CT molecular complexity index is 176. The molecule has 0 saturated carbocycles. The second-order valence-electron chi connectivity index (χ2n) is 3.06. The van der Waals surface area contributed by atoms with Gasteiger partial charge in [-0.15, -0.1) is 0 Å². The first kappa shape index (κ1) is 12.2. The monoisotopic (exact) mass is 184 g/mol. The maximum Gasteiger partial charge on any atom is 0.244 e. The smallest absolute Gasteiger partial charge is 0.244 e. The Balaban J connectivity index is 3.71. The second-order valence-corrected chi connectivity index (χ2v) is 3.06. The molecule has 1 amide bonds. The van der Waals surface area contributed by atoms with Crippen LogP contribution in [0.5, 0.6) is 0 Å². The number of primary amides is 1. The lowest BCUT2D eigenvalue weighted by molar-refractivity contribution is -0.114. The van der Waals surface area contributed by atoms with Gasteiger partial charge in [0.25, 0.3) is 0 Å². The van der Waals surface area contributed by atoms with Crippen LogP contribution in [0.3, 0.4) is 0 Å². The molecule has 0 aliphatic heterocycles. The van der Waals surface area contributed by atoms with Crippen molar-refractivity contribution in [1.82, 2.24) is 5.32 Å². The number of nitrogens with one attached hydrogen (secondary N) is 1. The summed E-state index contributed by atoms with van der Waals surface area (Å²) in [5.41, 5.74) is 5.99. The van der Waals surface area contributed by atoms with Crippen molar-refractivity contribution in [3.8, 4) is 0 Å². The molecule has 0 fully saturated rings. The Morgan fingerprint density at radius 3 is 2.62 bits per heavy atom. The molecule has 0 unspecified atom stereocenters. The predicted molar refractivity (Wildman–Crippen MR) is 55.3 cm³/mol. The van der Waals surface area contributed by atoms with Gasteiger partial charge in [-0.1, -0.05) is 13.0 Å². The molecule has 0 aromatic heterocycles. The number of carbonyl (C=O) groups excluding carboxylic acids is 1. The van der Waals surface area contributed by atoms with Crippen LogP contribution in [-0.4, -0.2) is 19.5 Å². The minimum Gasteiger partial charge on any atom is -0.366 e. The molecule has 13 heavy (non-hydrogen) atoms. The van der Waals surface area contributed by atoms with E-state index in [-0.39, 0.29) is 5.91 Å². The number of unbranched alkanes of at least 4 members (excludes halogenated alkanes) is 1. The molecule has 0 spiro atoms. The van der Waals surface area contributed by atoms with Crippen molar-refractivity contribution >= 4 is 5.91 Å². The average molecular weight is 184 g/mol. The first-order valence-corrected chi connectivity index (χ1v) is 4.85. The third-order valence-corrected chi connectivity index (χ3v) is 1.89. The molecule has 76 valence electrons. The van der Waals surface area contributed by atoms with Crippen LogP contribution in [0.2, 0.25) is 0 Å². The van der Waals surface area contributed by atoms with Crippen LogP contribution in [0, 0.1) is 0 Å². The van der Waals surface area contributed by atoms with Crippen molar-refractivity contribution in [1.29, 1.82) is 0 Å². The fourth-order valence-electron chi connectivity index (χ4n) is 1.19. The number of hydrogen-bond donors (Lipinski definition) is 2. The van der Waals surface area contributed by atoms with Gasteiger partial charge in [0.1, 0.15) is 0 Å². The molecule has 0 radical (unpaired) electrons. The van der Waals surface area contributed by atoms with E-state index in [2.05, 4.69) is 5.32 Å². The summed E-state index contributed by atoms with van der Waals surface area (Å²) in [6.45, 7) is 3.01. The maximum absolute atomic E-state index is 10.9. The Morgan fingerprint density at radius 1 is 1.46 bits per heavy atom. The fourth-order valence-corrected chi connectivity index (χ4v) is 1.19. The van der Waals surface area contributed by atoms with E-state index < -0.39 is 0 Å². The van der Waals surface area contributed by atoms with Gasteiger partial charge in [0.05, 0.1) is 0 Å². The zero-order valence-electron chi connectivity index (χ0n) is 8.60. The average Bonchev–Trinajstić information content (AvgIpc) is 2.10. The zero-order valence-corrected chi connectivity index (χ0v) is 8.60. The van der Waals surface area contributed by atoms with Gasteiger partial charge in [-0.25, -0.2) is 0 Å². The van der Waals surface area contributed by atoms with Crippen LogP contribution >= 0.6 is 0 Å². The van der Waals surface area contributed by atoms with E-state index in [1.807, 2.05) is 20.0 Å². The number of amides is 1. The van der Waals surface area contributed by atoms with Crippen molar-refractivity contribution < 1.29 is 4.79 Å². The highest BCUT2D eigenvalue weighted by Gasteiger charge is 2.02. The largest absolute Gasteiger partial charge is 0.366 e. The first-order chi connectivity index (χ1) is 6.22. The summed E-state index contributed by atoms with van der Waals surface area (Å²) >= 11 is 0. The van der Waals surface area contributed by atoms with E-state index in [9.17, 15) is 4.79 Å². The van der Waals surface area contributed by atoms with Crippen molar-refractivity contribution in [2.24, 2.45) is 5.73 Å². The summed E-state index contributed by atoms with van der Waals surface area (Å²) < 4.78 is 0. The van der Waals surface area contributed by atoms with Crippen LogP contribution in [0.1, 0.15) is 32.6 Å². The van der Waals surface area contributed by atoms with Crippen LogP contribution < -0.4 is 11.1 Å². The second kappa shape index (κ2) is 7.80. The zero-order chi connectivity index (χ0) is 10.1. The van der Waals surface area contributed by atoms with Crippen molar-refractivity contribution in [2.45, 2.75) is 32.6 Å². The fraction of sp³-hybridized carbons (Fsp3) is 0.700. The lowest BCUT2D eigenvalue weighted by atomic mass is 10.1. The van der Waals surface area contributed by atoms with Crippen molar-refractivity contribution in [2.75, 3.05) is 13.6 Å². The van der Waals surface area contributed by atoms with Crippen LogP contribution in [0.4, 0.5) is 0 Å². The summed E-state index contributed by atoms with van der Waals surface area (Å²) in [4.78, 5) is 10.9. The Morgan fingerprint density at radius 2 is 2.15 bits per heavy atom. The molecule has 0 aromatic carbocycles. The molecule has 3 N–H and O–H groups in total. The summed E-state index contributed by atoms with van der Waals surface area (Å²) in [6, 6.07) is 0. The van der Waals surface area contributed by atoms with E-state index in [4.69, 9.17) is 5.73 Å². The number of carbonyl (C=O) groups is 1. The molecule has 3 heteroatoms. The van der Waals surface area contributed by atoms with Crippen LogP contribution in [-0.2, 0) is 4.79 Å². The van der Waals surface area contributed by atoms with E-state index in [0.29, 0.717) is 0 Å². The molecule has 0 aliphatic rings. The predicted octanol–water partition coefficient (Wildman–Crippen LogP) is 1.20. The summed E-state index contributed by atoms with van der Waals surface area (Å²) in [5, 5.41) is 3.07. The first-order valence-electron chi connectivity index (χ1n) is 4.85. The summed E-state index contributed by atoms with van der Waals surface area (Å²) in [5.74, 6) is -0.272. The molecule has 3 nitrogen and oxygen atoms in total. The molecule has 0 heterocycles. The van der Waals surface area contributed by atoms with Gasteiger partial charge in [0.2, 0.25) is 5.91 Å². The maximum atomic E-state index is 10.9. The minimum absolute atomic E-state index is 0.272. The van der Waals surface area contributed by atoms with E-state index in [1.165, 1.54) is 0 Å². The topological polar surface area (TPSA) is 55.1 Å². The number of allylic oxidation sites excluding steroid dienone is 1. The standard InChI is InChI=1S/C10H20N2O/c1-3-6-9(10(11)13)7-4-5-8-12-2/h6,12H,3-5,7-8H2,1-2H3,(H2,11,13). The normalized spacial score (nSPS) is 11.7. The van der Waals surface area contributed by atoms with Gasteiger partial charge >= 0.3 is 0 Å². The molecule has 0 aliphatic carbocycles. The lowest BCUT2D eigenvalue weighted by Crippen LogP contribution is -2.14. The van der Waals surface area contributed by atoms with Gasteiger partial charge in [-0.3, -0.25) is 4.79 Å². The third kappa shape index (κ3) is 6.34. The summed E-state index contributed by atoms with van der Waals surface area (Å²) in [7, 11) is 1.93. The van der Waals surface area contributed by atoms with Crippen molar-refractivity contribution in [3.05, 3.63) is 11.6 Å². The molecule has 0 saturated heterocycles. The van der Waals surface area contributed by atoms with Gasteiger partial charge in [0.15, 0.2) is 0 Å². The third-order valence-electron chi connectivity index (χ3n) is 1.89. The van der Waals surface area contributed by atoms with E-state index in [1.54, 1.807) is 0 Å². The van der Waals surface area contributed by atoms with Crippen molar-refractivity contribution in [3.63, 3.8) is 0 Å². The lowest BCUT2D eigenvalue weighted by Gasteiger charge is -2.02. The van der Waals surface area contributed by atoms with Gasteiger partial charge in [0, 0.05) is 5.57 Å². The van der Waals surface area contributed by atoms with Gasteiger partial charge in [-0.2, -0.15) is 0 Å². The van der Waals surface area contributed by atoms with E-state index in [0.717, 1.165) is 37.8 Å². The highest BCUT2D eigenvalue weighted by Crippen LogP contribution is 2.07. The summed E-state index contributed by atoms with van der Waals surface area (Å²) in [6.07, 6.45) is 5.72. The molecule has 0 aromatic rings. The van der Waals surface area contributed by atoms with Crippen LogP contribution in [0.25, 0.3) is 0 Å². The Labute approximate surface area is 80.4 Å². The minimum atomic E-state index is -0.272. The SMILES string of the molecule is CCC=C(CCCCNC)C(N)=O. The highest BCUT2D eigenvalue weighted by atomic mass is 16.1. The number of rotatable bonds is 7. The van der Waals surface area contributed by atoms with Gasteiger partial charge < -0.3 is 11.1 Å². The van der Waals surface area contributed by atoms with Crippen LogP contribution in [0.15, 0.2) is 11.6 Å².